The van der Waals surface area contributed by atoms with Gasteiger partial charge in [-0.05, 0) is 31.2 Å². The minimum atomic E-state index is -4.38. The molecule has 0 unspecified atom stereocenters. The quantitative estimate of drug-likeness (QED) is 0.539. The summed E-state index contributed by atoms with van der Waals surface area (Å²) in [4.78, 5) is 7.68. The lowest BCUT2D eigenvalue weighted by Crippen LogP contribution is -2.04. The highest BCUT2D eigenvalue weighted by molar-refractivity contribution is 5.90. The third kappa shape index (κ3) is 3.28. The van der Waals surface area contributed by atoms with Crippen LogP contribution in [0.15, 0.2) is 48.5 Å². The van der Waals surface area contributed by atoms with E-state index in [1.54, 1.807) is 13.2 Å². The van der Waals surface area contributed by atoms with Gasteiger partial charge in [-0.15, -0.1) is 10.2 Å². The number of aryl methyl sites for hydroxylation is 1. The van der Waals surface area contributed by atoms with E-state index in [1.807, 2.05) is 25.1 Å². The van der Waals surface area contributed by atoms with Gasteiger partial charge in [-0.25, -0.2) is 4.98 Å². The Hall–Kier alpha value is -3.42. The van der Waals surface area contributed by atoms with Gasteiger partial charge < -0.3 is 9.72 Å². The first-order valence-electron chi connectivity index (χ1n) is 8.41. The zero-order chi connectivity index (χ0) is 19.9. The molecule has 5 nitrogen and oxygen atoms in total. The second-order valence-corrected chi connectivity index (χ2v) is 6.28. The fourth-order valence-corrected chi connectivity index (χ4v) is 2.97. The molecule has 0 fully saturated rings. The number of halogens is 3. The van der Waals surface area contributed by atoms with E-state index in [0.717, 1.165) is 23.1 Å². The fraction of sp³-hybridized carbons (Fsp3) is 0.150. The van der Waals surface area contributed by atoms with Crippen molar-refractivity contribution >= 4 is 10.9 Å². The number of aromatic nitrogens is 4. The number of nitrogens with one attached hydrogen (secondary N) is 1. The van der Waals surface area contributed by atoms with Gasteiger partial charge in [-0.2, -0.15) is 13.2 Å². The first-order valence-corrected chi connectivity index (χ1v) is 8.41. The van der Waals surface area contributed by atoms with Crippen LogP contribution >= 0.6 is 0 Å². The molecule has 2 aromatic heterocycles. The fourth-order valence-electron chi connectivity index (χ4n) is 2.97. The SMILES string of the molecule is COc1cc(-c2ccc(C(F)(F)F)cc2)nc2cc(-c3nnc(C)[nH]3)ccc12. The van der Waals surface area contributed by atoms with E-state index < -0.39 is 11.7 Å². The Labute approximate surface area is 158 Å². The molecule has 0 aliphatic heterocycles. The lowest BCUT2D eigenvalue weighted by molar-refractivity contribution is -0.137. The van der Waals surface area contributed by atoms with Crippen LogP contribution in [0.3, 0.4) is 0 Å². The number of alkyl halides is 3. The molecule has 0 atom stereocenters. The molecule has 4 rings (SSSR count). The maximum Gasteiger partial charge on any atom is 0.416 e. The molecule has 2 heterocycles. The Morgan fingerprint density at radius 3 is 2.25 bits per heavy atom. The summed E-state index contributed by atoms with van der Waals surface area (Å²) in [5.41, 5.74) is 1.82. The second-order valence-electron chi connectivity index (χ2n) is 6.28. The molecule has 0 bridgehead atoms. The minimum Gasteiger partial charge on any atom is -0.496 e. The third-order valence-electron chi connectivity index (χ3n) is 4.37. The molecule has 0 aliphatic carbocycles. The van der Waals surface area contributed by atoms with Crippen molar-refractivity contribution in [1.29, 1.82) is 0 Å². The van der Waals surface area contributed by atoms with Gasteiger partial charge in [0.15, 0.2) is 5.82 Å². The molecule has 0 spiro atoms. The third-order valence-corrected chi connectivity index (χ3v) is 4.37. The first-order chi connectivity index (χ1) is 13.3. The Kier molecular flexibility index (Phi) is 4.26. The smallest absolute Gasteiger partial charge is 0.416 e. The molecule has 28 heavy (non-hydrogen) atoms. The Morgan fingerprint density at radius 2 is 1.64 bits per heavy atom. The molecule has 0 aliphatic rings. The normalized spacial score (nSPS) is 11.8. The van der Waals surface area contributed by atoms with Crippen LogP contribution in [0.4, 0.5) is 13.2 Å². The molecule has 142 valence electrons. The highest BCUT2D eigenvalue weighted by Gasteiger charge is 2.30. The number of aromatic amines is 1. The van der Waals surface area contributed by atoms with E-state index in [9.17, 15) is 13.2 Å². The number of hydrogen-bond donors (Lipinski definition) is 1. The van der Waals surface area contributed by atoms with E-state index in [2.05, 4.69) is 20.2 Å². The van der Waals surface area contributed by atoms with Gasteiger partial charge in [0.2, 0.25) is 0 Å². The summed E-state index contributed by atoms with van der Waals surface area (Å²) in [7, 11) is 1.54. The summed E-state index contributed by atoms with van der Waals surface area (Å²) >= 11 is 0. The average Bonchev–Trinajstić information content (AvgIpc) is 3.12. The maximum absolute atomic E-state index is 12.8. The summed E-state index contributed by atoms with van der Waals surface area (Å²) in [6.45, 7) is 1.81. The Balaban J connectivity index is 1.82. The van der Waals surface area contributed by atoms with E-state index >= 15 is 0 Å². The molecule has 0 saturated heterocycles. The highest BCUT2D eigenvalue weighted by atomic mass is 19.4. The van der Waals surface area contributed by atoms with Crippen molar-refractivity contribution in [2.75, 3.05) is 7.11 Å². The van der Waals surface area contributed by atoms with Crippen LogP contribution in [0.5, 0.6) is 5.75 Å². The van der Waals surface area contributed by atoms with Crippen LogP contribution in [-0.2, 0) is 6.18 Å². The Morgan fingerprint density at radius 1 is 0.929 bits per heavy atom. The molecule has 4 aromatic rings. The minimum absolute atomic E-state index is 0.518. The van der Waals surface area contributed by atoms with Crippen molar-refractivity contribution in [1.82, 2.24) is 20.2 Å². The van der Waals surface area contributed by atoms with Gasteiger partial charge in [0.05, 0.1) is 23.9 Å². The number of rotatable bonds is 3. The van der Waals surface area contributed by atoms with E-state index in [1.165, 1.54) is 12.1 Å². The molecule has 0 amide bonds. The molecule has 1 N–H and O–H groups in total. The first kappa shape index (κ1) is 18.0. The van der Waals surface area contributed by atoms with Gasteiger partial charge in [-0.1, -0.05) is 18.2 Å². The van der Waals surface area contributed by atoms with Crippen LogP contribution < -0.4 is 4.74 Å². The number of nitrogens with zero attached hydrogens (tertiary/aromatic N) is 3. The van der Waals surface area contributed by atoms with Crippen molar-refractivity contribution in [2.45, 2.75) is 13.1 Å². The topological polar surface area (TPSA) is 63.7 Å². The number of hydrogen-bond acceptors (Lipinski definition) is 4. The lowest BCUT2D eigenvalue weighted by atomic mass is 10.0. The zero-order valence-corrected chi connectivity index (χ0v) is 15.0. The molecule has 0 radical (unpaired) electrons. The zero-order valence-electron chi connectivity index (χ0n) is 15.0. The predicted molar refractivity (Wildman–Crippen MR) is 98.8 cm³/mol. The summed E-state index contributed by atoms with van der Waals surface area (Å²) < 4.78 is 43.9. The van der Waals surface area contributed by atoms with Crippen LogP contribution in [0.1, 0.15) is 11.4 Å². The molecule has 0 saturated carbocycles. The number of ether oxygens (including phenoxy) is 1. The van der Waals surface area contributed by atoms with Crippen molar-refractivity contribution in [3.05, 3.63) is 59.9 Å². The monoisotopic (exact) mass is 384 g/mol. The van der Waals surface area contributed by atoms with E-state index in [0.29, 0.717) is 34.2 Å². The van der Waals surface area contributed by atoms with Crippen LogP contribution in [0.25, 0.3) is 33.5 Å². The second kappa shape index (κ2) is 6.63. The molecule has 2 aromatic carbocycles. The van der Waals surface area contributed by atoms with Gasteiger partial charge in [0.25, 0.3) is 0 Å². The van der Waals surface area contributed by atoms with E-state index in [4.69, 9.17) is 4.74 Å². The predicted octanol–water partition coefficient (Wildman–Crippen LogP) is 5.02. The number of pyridine rings is 1. The molecule has 8 heteroatoms. The van der Waals surface area contributed by atoms with Crippen molar-refractivity contribution in [3.8, 4) is 28.4 Å². The number of methoxy groups -OCH3 is 1. The van der Waals surface area contributed by atoms with Crippen molar-refractivity contribution in [3.63, 3.8) is 0 Å². The van der Waals surface area contributed by atoms with Crippen LogP contribution in [-0.4, -0.2) is 27.3 Å². The van der Waals surface area contributed by atoms with E-state index in [-0.39, 0.29) is 0 Å². The van der Waals surface area contributed by atoms with Crippen LogP contribution in [0.2, 0.25) is 0 Å². The van der Waals surface area contributed by atoms with Crippen molar-refractivity contribution in [2.24, 2.45) is 0 Å². The largest absolute Gasteiger partial charge is 0.496 e. The standard InChI is InChI=1S/C20H15F3N4O/c1-11-24-19(27-26-11)13-5-8-15-17(9-13)25-16(10-18(15)28-2)12-3-6-14(7-4-12)20(21,22)23/h3-10H,1-2H3,(H,24,26,27). The van der Waals surface area contributed by atoms with Gasteiger partial charge >= 0.3 is 6.18 Å². The Bertz CT molecular complexity index is 1150. The summed E-state index contributed by atoms with van der Waals surface area (Å²) in [5.74, 6) is 1.89. The average molecular weight is 384 g/mol. The summed E-state index contributed by atoms with van der Waals surface area (Å²) in [5, 5.41) is 8.82. The maximum atomic E-state index is 12.8. The number of H-pyrrole nitrogens is 1. The summed E-state index contributed by atoms with van der Waals surface area (Å²) in [6, 6.07) is 12.2. The van der Waals surface area contributed by atoms with Gasteiger partial charge in [0.1, 0.15) is 11.6 Å². The number of benzene rings is 2. The molecular formula is C20H15F3N4O. The lowest BCUT2D eigenvalue weighted by Gasteiger charge is -2.11. The van der Waals surface area contributed by atoms with Crippen LogP contribution in [0, 0.1) is 6.92 Å². The number of fused-ring (bicyclic) bond motifs is 1. The van der Waals surface area contributed by atoms with Gasteiger partial charge in [-0.3, -0.25) is 0 Å². The van der Waals surface area contributed by atoms with Crippen molar-refractivity contribution < 1.29 is 17.9 Å². The highest BCUT2D eigenvalue weighted by Crippen LogP contribution is 2.34. The summed E-state index contributed by atoms with van der Waals surface area (Å²) in [6.07, 6.45) is -4.38. The van der Waals surface area contributed by atoms with Gasteiger partial charge in [0, 0.05) is 22.6 Å². The molecular weight excluding hydrogens is 369 g/mol.